The highest BCUT2D eigenvalue weighted by Gasteiger charge is 2.07. The molecular weight excluding hydrogens is 120 g/mol. The van der Waals surface area contributed by atoms with E-state index in [1.165, 1.54) is 0 Å². The number of allylic oxidation sites excluding steroid dienone is 4. The van der Waals surface area contributed by atoms with Gasteiger partial charge in [-0.1, -0.05) is 24.3 Å². The molecule has 0 unspecified atom stereocenters. The average Bonchev–Trinajstić information content (AvgIpc) is 2.12. The molecule has 0 spiro atoms. The lowest BCUT2D eigenvalue weighted by Crippen LogP contribution is -1.97. The van der Waals surface area contributed by atoms with Crippen molar-refractivity contribution in [1.29, 1.82) is 0 Å². The summed E-state index contributed by atoms with van der Waals surface area (Å²) in [5.74, 6) is -0.0710. The SMILES string of the molecule is O=C(S)C1C=CC=C1. The molecule has 8 heavy (non-hydrogen) atoms. The Morgan fingerprint density at radius 2 is 1.88 bits per heavy atom. The Morgan fingerprint density at radius 1 is 1.38 bits per heavy atom. The molecule has 0 radical (unpaired) electrons. The molecule has 2 heteroatoms. The molecule has 0 aromatic heterocycles. The van der Waals surface area contributed by atoms with Crippen molar-refractivity contribution in [2.75, 3.05) is 0 Å². The Kier molecular flexibility index (Phi) is 1.53. The number of rotatable bonds is 1. The molecular formula is C6H6OS. The molecule has 0 aromatic carbocycles. The van der Waals surface area contributed by atoms with Gasteiger partial charge in [-0.3, -0.25) is 4.79 Å². The first-order valence-corrected chi connectivity index (χ1v) is 2.83. The lowest BCUT2D eigenvalue weighted by molar-refractivity contribution is -0.111. The summed E-state index contributed by atoms with van der Waals surface area (Å²) in [6.07, 6.45) is 7.32. The van der Waals surface area contributed by atoms with Crippen LogP contribution in [0.4, 0.5) is 0 Å². The highest BCUT2D eigenvalue weighted by atomic mass is 32.1. The van der Waals surface area contributed by atoms with Crippen molar-refractivity contribution in [3.05, 3.63) is 24.3 Å². The largest absolute Gasteiger partial charge is 0.286 e. The zero-order valence-electron chi connectivity index (χ0n) is 4.24. The van der Waals surface area contributed by atoms with Crippen LogP contribution < -0.4 is 0 Å². The van der Waals surface area contributed by atoms with E-state index in [0.29, 0.717) is 0 Å². The maximum absolute atomic E-state index is 10.4. The van der Waals surface area contributed by atoms with Gasteiger partial charge in [0.15, 0.2) is 5.12 Å². The summed E-state index contributed by atoms with van der Waals surface area (Å²) < 4.78 is 0. The summed E-state index contributed by atoms with van der Waals surface area (Å²) >= 11 is 3.65. The molecule has 1 nitrogen and oxygen atoms in total. The van der Waals surface area contributed by atoms with Crippen LogP contribution in [0.1, 0.15) is 0 Å². The Hall–Kier alpha value is -0.500. The molecule has 0 heterocycles. The van der Waals surface area contributed by atoms with Gasteiger partial charge in [-0.15, -0.1) is 12.6 Å². The number of carbonyl (C=O) groups is 1. The van der Waals surface area contributed by atoms with E-state index in [1.807, 2.05) is 24.3 Å². The van der Waals surface area contributed by atoms with Gasteiger partial charge in [-0.2, -0.15) is 0 Å². The lowest BCUT2D eigenvalue weighted by atomic mass is 10.2. The standard InChI is InChI=1S/C6H6OS/c7-6(8)5-3-1-2-4-5/h1-5H,(H,7,8). The second-order valence-electron chi connectivity index (χ2n) is 1.63. The lowest BCUT2D eigenvalue weighted by Gasteiger charge is -1.92. The Bertz CT molecular complexity index is 146. The number of carbonyl (C=O) groups excluding carboxylic acids is 1. The van der Waals surface area contributed by atoms with Gasteiger partial charge < -0.3 is 0 Å². The zero-order chi connectivity index (χ0) is 5.98. The van der Waals surface area contributed by atoms with Crippen molar-refractivity contribution in [1.82, 2.24) is 0 Å². The Morgan fingerprint density at radius 3 is 2.12 bits per heavy atom. The molecule has 0 bridgehead atoms. The number of hydrogen-bond donors (Lipinski definition) is 1. The fourth-order valence-electron chi connectivity index (χ4n) is 0.596. The Balaban J connectivity index is 2.62. The predicted octanol–water partition coefficient (Wildman–Crippen LogP) is 1.19. The quantitative estimate of drug-likeness (QED) is 0.522. The van der Waals surface area contributed by atoms with Gasteiger partial charge in [0, 0.05) is 0 Å². The number of hydrogen-bond acceptors (Lipinski definition) is 1. The van der Waals surface area contributed by atoms with E-state index in [2.05, 4.69) is 12.6 Å². The van der Waals surface area contributed by atoms with Gasteiger partial charge in [-0.25, -0.2) is 0 Å². The van der Waals surface area contributed by atoms with E-state index in [1.54, 1.807) is 0 Å². The smallest absolute Gasteiger partial charge is 0.196 e. The second-order valence-corrected chi connectivity index (χ2v) is 2.07. The van der Waals surface area contributed by atoms with E-state index < -0.39 is 0 Å². The maximum atomic E-state index is 10.4. The third-order valence-electron chi connectivity index (χ3n) is 1.03. The highest BCUT2D eigenvalue weighted by Crippen LogP contribution is 2.10. The van der Waals surface area contributed by atoms with Crippen LogP contribution in [0.25, 0.3) is 0 Å². The monoisotopic (exact) mass is 126 g/mol. The van der Waals surface area contributed by atoms with Crippen molar-refractivity contribution >= 4 is 17.7 Å². The van der Waals surface area contributed by atoms with Crippen LogP contribution in [0.2, 0.25) is 0 Å². The van der Waals surface area contributed by atoms with E-state index in [4.69, 9.17) is 0 Å². The van der Waals surface area contributed by atoms with Crippen LogP contribution in [0, 0.1) is 5.92 Å². The minimum atomic E-state index is -0.0880. The van der Waals surface area contributed by atoms with Crippen LogP contribution >= 0.6 is 12.6 Å². The zero-order valence-corrected chi connectivity index (χ0v) is 5.14. The molecule has 1 aliphatic rings. The molecule has 1 aliphatic carbocycles. The first kappa shape index (κ1) is 5.63. The van der Waals surface area contributed by atoms with E-state index >= 15 is 0 Å². The maximum Gasteiger partial charge on any atom is 0.196 e. The molecule has 0 amide bonds. The van der Waals surface area contributed by atoms with Crippen molar-refractivity contribution in [2.45, 2.75) is 0 Å². The van der Waals surface area contributed by atoms with Gasteiger partial charge in [-0.05, 0) is 0 Å². The topological polar surface area (TPSA) is 17.1 Å². The molecule has 0 atom stereocenters. The molecule has 0 N–H and O–H groups in total. The fourth-order valence-corrected chi connectivity index (χ4v) is 0.769. The second kappa shape index (κ2) is 2.18. The summed E-state index contributed by atoms with van der Waals surface area (Å²) in [5, 5.41) is -0.0880. The third kappa shape index (κ3) is 1.01. The summed E-state index contributed by atoms with van der Waals surface area (Å²) in [4.78, 5) is 10.4. The normalized spacial score (nSPS) is 17.6. The molecule has 0 saturated carbocycles. The average molecular weight is 126 g/mol. The first-order valence-electron chi connectivity index (χ1n) is 2.38. The van der Waals surface area contributed by atoms with E-state index in [-0.39, 0.29) is 11.0 Å². The van der Waals surface area contributed by atoms with Crippen LogP contribution in [-0.2, 0) is 4.79 Å². The molecule has 0 fully saturated rings. The van der Waals surface area contributed by atoms with Gasteiger partial charge in [0.25, 0.3) is 0 Å². The molecule has 0 aromatic rings. The molecule has 1 rings (SSSR count). The van der Waals surface area contributed by atoms with Crippen molar-refractivity contribution in [3.63, 3.8) is 0 Å². The summed E-state index contributed by atoms with van der Waals surface area (Å²) in [6, 6.07) is 0. The van der Waals surface area contributed by atoms with Gasteiger partial charge in [0.1, 0.15) is 0 Å². The summed E-state index contributed by atoms with van der Waals surface area (Å²) in [7, 11) is 0. The first-order chi connectivity index (χ1) is 3.80. The van der Waals surface area contributed by atoms with Crippen LogP contribution in [0.3, 0.4) is 0 Å². The fraction of sp³-hybridized carbons (Fsp3) is 0.167. The van der Waals surface area contributed by atoms with Gasteiger partial charge in [0.05, 0.1) is 5.92 Å². The van der Waals surface area contributed by atoms with Crippen LogP contribution in [0.5, 0.6) is 0 Å². The summed E-state index contributed by atoms with van der Waals surface area (Å²) in [6.45, 7) is 0. The third-order valence-corrected chi connectivity index (χ3v) is 1.33. The Labute approximate surface area is 53.5 Å². The summed E-state index contributed by atoms with van der Waals surface area (Å²) in [5.41, 5.74) is 0. The van der Waals surface area contributed by atoms with Crippen LogP contribution in [-0.4, -0.2) is 5.12 Å². The van der Waals surface area contributed by atoms with Crippen molar-refractivity contribution in [3.8, 4) is 0 Å². The van der Waals surface area contributed by atoms with Crippen molar-refractivity contribution in [2.24, 2.45) is 5.92 Å². The molecule has 0 aliphatic heterocycles. The minimum Gasteiger partial charge on any atom is -0.286 e. The molecule has 42 valence electrons. The van der Waals surface area contributed by atoms with Gasteiger partial charge in [0.2, 0.25) is 0 Å². The van der Waals surface area contributed by atoms with Gasteiger partial charge >= 0.3 is 0 Å². The van der Waals surface area contributed by atoms with E-state index in [0.717, 1.165) is 0 Å². The molecule has 0 saturated heterocycles. The predicted molar refractivity (Wildman–Crippen MR) is 35.8 cm³/mol. The minimum absolute atomic E-state index is 0.0710. The van der Waals surface area contributed by atoms with Crippen molar-refractivity contribution < 1.29 is 4.79 Å². The van der Waals surface area contributed by atoms with Crippen LogP contribution in [0.15, 0.2) is 24.3 Å². The highest BCUT2D eigenvalue weighted by molar-refractivity contribution is 7.96. The van der Waals surface area contributed by atoms with E-state index in [9.17, 15) is 4.79 Å². The number of thiol groups is 1.